The van der Waals surface area contributed by atoms with Crippen molar-refractivity contribution in [3.63, 3.8) is 0 Å². The summed E-state index contributed by atoms with van der Waals surface area (Å²) in [7, 11) is 1.63. The van der Waals surface area contributed by atoms with E-state index in [0.29, 0.717) is 38.1 Å². The van der Waals surface area contributed by atoms with E-state index < -0.39 is 6.10 Å². The Kier molecular flexibility index (Phi) is 6.01. The van der Waals surface area contributed by atoms with Crippen molar-refractivity contribution in [1.82, 2.24) is 4.90 Å². The zero-order chi connectivity index (χ0) is 18.5. The molecule has 0 unspecified atom stereocenters. The highest BCUT2D eigenvalue weighted by Crippen LogP contribution is 2.24. The smallest absolute Gasteiger partial charge is 0.253 e. The van der Waals surface area contributed by atoms with Crippen LogP contribution in [0.15, 0.2) is 48.5 Å². The van der Waals surface area contributed by atoms with Gasteiger partial charge in [0.15, 0.2) is 0 Å². The SMILES string of the molecule is COCc1ccc(C(=O)N2CC[C@H](Cc3cccc(F)c3)[C@H](O)C2)cc1. The Balaban J connectivity index is 1.59. The maximum atomic E-state index is 13.3. The quantitative estimate of drug-likeness (QED) is 0.895. The maximum absolute atomic E-state index is 13.3. The van der Waals surface area contributed by atoms with E-state index in [1.165, 1.54) is 12.1 Å². The van der Waals surface area contributed by atoms with Crippen LogP contribution < -0.4 is 0 Å². The molecule has 0 radical (unpaired) electrons. The third-order valence-electron chi connectivity index (χ3n) is 4.91. The van der Waals surface area contributed by atoms with Crippen LogP contribution >= 0.6 is 0 Å². The topological polar surface area (TPSA) is 49.8 Å². The number of hydrogen-bond donors (Lipinski definition) is 1. The number of rotatable bonds is 5. The van der Waals surface area contributed by atoms with Gasteiger partial charge in [-0.15, -0.1) is 0 Å². The van der Waals surface area contributed by atoms with Crippen LogP contribution in [0.25, 0.3) is 0 Å². The zero-order valence-corrected chi connectivity index (χ0v) is 14.9. The number of hydrogen-bond acceptors (Lipinski definition) is 3. The fraction of sp³-hybridized carbons (Fsp3) is 0.381. The second-order valence-corrected chi connectivity index (χ2v) is 6.83. The Labute approximate surface area is 153 Å². The number of nitrogens with zero attached hydrogens (tertiary/aromatic N) is 1. The molecule has 1 amide bonds. The van der Waals surface area contributed by atoms with E-state index in [1.54, 1.807) is 30.2 Å². The van der Waals surface area contributed by atoms with Crippen LogP contribution in [0.5, 0.6) is 0 Å². The molecule has 138 valence electrons. The molecule has 2 aromatic carbocycles. The number of halogens is 1. The first-order chi connectivity index (χ1) is 12.6. The van der Waals surface area contributed by atoms with Crippen LogP contribution in [-0.2, 0) is 17.8 Å². The summed E-state index contributed by atoms with van der Waals surface area (Å²) in [5.41, 5.74) is 2.50. The summed E-state index contributed by atoms with van der Waals surface area (Å²) in [4.78, 5) is 14.4. The maximum Gasteiger partial charge on any atom is 0.253 e. The third-order valence-corrected chi connectivity index (χ3v) is 4.91. The van der Waals surface area contributed by atoms with Gasteiger partial charge in [-0.05, 0) is 54.2 Å². The number of aliphatic hydroxyl groups is 1. The number of amides is 1. The molecule has 4 nitrogen and oxygen atoms in total. The van der Waals surface area contributed by atoms with Crippen molar-refractivity contribution < 1.29 is 19.0 Å². The number of ether oxygens (including phenoxy) is 1. The third kappa shape index (κ3) is 4.48. The Bertz CT molecular complexity index is 747. The predicted octanol–water partition coefficient (Wildman–Crippen LogP) is 3.04. The average molecular weight is 357 g/mol. The lowest BCUT2D eigenvalue weighted by atomic mass is 9.87. The van der Waals surface area contributed by atoms with Crippen LogP contribution in [0.3, 0.4) is 0 Å². The van der Waals surface area contributed by atoms with Crippen molar-refractivity contribution in [2.24, 2.45) is 5.92 Å². The second-order valence-electron chi connectivity index (χ2n) is 6.83. The van der Waals surface area contributed by atoms with E-state index in [0.717, 1.165) is 11.1 Å². The molecule has 1 heterocycles. The zero-order valence-electron chi connectivity index (χ0n) is 14.9. The van der Waals surface area contributed by atoms with Gasteiger partial charge in [-0.2, -0.15) is 0 Å². The molecule has 0 saturated carbocycles. The molecule has 1 aliphatic rings. The molecule has 1 aliphatic heterocycles. The number of methoxy groups -OCH3 is 1. The highest BCUT2D eigenvalue weighted by molar-refractivity contribution is 5.94. The summed E-state index contributed by atoms with van der Waals surface area (Å²) < 4.78 is 18.4. The van der Waals surface area contributed by atoms with Gasteiger partial charge in [0, 0.05) is 25.8 Å². The molecule has 1 N–H and O–H groups in total. The number of carbonyl (C=O) groups excluding carboxylic acids is 1. The summed E-state index contributed by atoms with van der Waals surface area (Å²) >= 11 is 0. The van der Waals surface area contributed by atoms with Gasteiger partial charge in [0.25, 0.3) is 5.91 Å². The van der Waals surface area contributed by atoms with E-state index in [-0.39, 0.29) is 17.6 Å². The first-order valence-electron chi connectivity index (χ1n) is 8.86. The van der Waals surface area contributed by atoms with Gasteiger partial charge in [0.05, 0.1) is 12.7 Å². The first-order valence-corrected chi connectivity index (χ1v) is 8.86. The van der Waals surface area contributed by atoms with Crippen LogP contribution in [0.1, 0.15) is 27.9 Å². The number of likely N-dealkylation sites (tertiary alicyclic amines) is 1. The summed E-state index contributed by atoms with van der Waals surface area (Å²) in [5.74, 6) is -0.302. The predicted molar refractivity (Wildman–Crippen MR) is 97.3 cm³/mol. The minimum atomic E-state index is -0.608. The molecule has 1 saturated heterocycles. The molecule has 1 fully saturated rings. The lowest BCUT2D eigenvalue weighted by Gasteiger charge is -2.36. The average Bonchev–Trinajstić information content (AvgIpc) is 2.64. The molecule has 3 rings (SSSR count). The molecule has 5 heteroatoms. The minimum absolute atomic E-state index is 0.0323. The van der Waals surface area contributed by atoms with E-state index in [9.17, 15) is 14.3 Å². The van der Waals surface area contributed by atoms with Crippen molar-refractivity contribution in [2.75, 3.05) is 20.2 Å². The highest BCUT2D eigenvalue weighted by Gasteiger charge is 2.30. The van der Waals surface area contributed by atoms with Crippen LogP contribution in [0.4, 0.5) is 4.39 Å². The van der Waals surface area contributed by atoms with Gasteiger partial charge in [0.1, 0.15) is 5.82 Å². The number of benzene rings is 2. The standard InChI is InChI=1S/C21H24FNO3/c1-26-14-15-5-7-17(8-6-15)21(25)23-10-9-18(20(24)13-23)11-16-3-2-4-19(22)12-16/h2-8,12,18,20,24H,9-11,13-14H2,1H3/t18-,20-/m1/s1. The van der Waals surface area contributed by atoms with Gasteiger partial charge in [-0.1, -0.05) is 24.3 Å². The Morgan fingerprint density at radius 1 is 1.23 bits per heavy atom. The molecule has 0 spiro atoms. The van der Waals surface area contributed by atoms with Gasteiger partial charge in [-0.25, -0.2) is 4.39 Å². The molecular weight excluding hydrogens is 333 g/mol. The highest BCUT2D eigenvalue weighted by atomic mass is 19.1. The van der Waals surface area contributed by atoms with Crippen LogP contribution in [0, 0.1) is 11.7 Å². The summed E-state index contributed by atoms with van der Waals surface area (Å²) in [6.45, 7) is 1.41. The van der Waals surface area contributed by atoms with Crippen molar-refractivity contribution >= 4 is 5.91 Å². The van der Waals surface area contributed by atoms with Gasteiger partial charge in [0.2, 0.25) is 0 Å². The van der Waals surface area contributed by atoms with E-state index in [2.05, 4.69) is 0 Å². The Hall–Kier alpha value is -2.24. The summed E-state index contributed by atoms with van der Waals surface area (Å²) in [5, 5.41) is 10.5. The lowest BCUT2D eigenvalue weighted by Crippen LogP contribution is -2.47. The lowest BCUT2D eigenvalue weighted by molar-refractivity contribution is 0.0198. The molecule has 0 aliphatic carbocycles. The van der Waals surface area contributed by atoms with Gasteiger partial charge >= 0.3 is 0 Å². The number of β-amino-alcohol motifs (C(OH)–C–C–N with tert-alkyl or cyclic N) is 1. The molecule has 2 atom stereocenters. The fourth-order valence-corrected chi connectivity index (χ4v) is 3.46. The largest absolute Gasteiger partial charge is 0.391 e. The van der Waals surface area contributed by atoms with Crippen LogP contribution in [0.2, 0.25) is 0 Å². The molecule has 2 aromatic rings. The van der Waals surface area contributed by atoms with Gasteiger partial charge < -0.3 is 14.7 Å². The van der Waals surface area contributed by atoms with Crippen LogP contribution in [-0.4, -0.2) is 42.2 Å². The number of piperidine rings is 1. The Morgan fingerprint density at radius 2 is 2.00 bits per heavy atom. The molecular formula is C21H24FNO3. The first kappa shape index (κ1) is 18.5. The van der Waals surface area contributed by atoms with E-state index in [1.807, 2.05) is 18.2 Å². The van der Waals surface area contributed by atoms with Crippen molar-refractivity contribution in [1.29, 1.82) is 0 Å². The summed E-state index contributed by atoms with van der Waals surface area (Å²) in [6.07, 6.45) is 0.710. The van der Waals surface area contributed by atoms with E-state index in [4.69, 9.17) is 4.74 Å². The van der Waals surface area contributed by atoms with Gasteiger partial charge in [-0.3, -0.25) is 4.79 Å². The second kappa shape index (κ2) is 8.43. The fourth-order valence-electron chi connectivity index (χ4n) is 3.46. The molecule has 0 aromatic heterocycles. The number of aliphatic hydroxyl groups excluding tert-OH is 1. The monoisotopic (exact) mass is 357 g/mol. The molecule has 26 heavy (non-hydrogen) atoms. The van der Waals surface area contributed by atoms with Crippen molar-refractivity contribution in [2.45, 2.75) is 25.6 Å². The number of carbonyl (C=O) groups is 1. The summed E-state index contributed by atoms with van der Waals surface area (Å²) in [6, 6.07) is 13.8. The van der Waals surface area contributed by atoms with E-state index >= 15 is 0 Å². The van der Waals surface area contributed by atoms with Crippen molar-refractivity contribution in [3.8, 4) is 0 Å². The Morgan fingerprint density at radius 3 is 2.65 bits per heavy atom. The molecule has 0 bridgehead atoms. The minimum Gasteiger partial charge on any atom is -0.391 e. The van der Waals surface area contributed by atoms with Crippen molar-refractivity contribution in [3.05, 3.63) is 71.0 Å². The normalized spacial score (nSPS) is 20.2.